The predicted octanol–water partition coefficient (Wildman–Crippen LogP) is 18.7. The van der Waals surface area contributed by atoms with Gasteiger partial charge >= 0.3 is 0 Å². The number of aryl methyl sites for hydroxylation is 1. The van der Waals surface area contributed by atoms with Crippen LogP contribution < -0.4 is 26.4 Å². The minimum absolute atomic E-state index is 0.000160. The largest absolute Gasteiger partial charge is 0.468 e. The molecule has 0 spiro atoms. The number of hydrogen-bond donors (Lipinski definition) is 0. The molecule has 6 aliphatic rings. The molecule has 0 saturated carbocycles. The zero-order valence-electron chi connectivity index (χ0n) is 49.6. The van der Waals surface area contributed by atoms with E-state index in [1.165, 1.54) is 126 Å². The molecule has 9 aromatic rings. The van der Waals surface area contributed by atoms with Crippen LogP contribution in [0.25, 0.3) is 44.0 Å². The van der Waals surface area contributed by atoms with Gasteiger partial charge in [-0.15, -0.1) is 0 Å². The Kier molecular flexibility index (Phi) is 9.99. The number of nitrogens with zero attached hydrogens (tertiary/aromatic N) is 2. The Morgan fingerprint density at radius 1 is 0.380 bits per heavy atom. The molecule has 0 fully saturated rings. The summed E-state index contributed by atoms with van der Waals surface area (Å²) in [4.78, 5) is 5.38. The fraction of sp³-hybridized carbons (Fsp3) is 0.405. The smallest absolute Gasteiger partial charge is 0.297 e. The molecule has 0 atom stereocenters. The van der Waals surface area contributed by atoms with Crippen molar-refractivity contribution in [3.8, 4) is 11.1 Å². The Balaban J connectivity index is 1.10. The average Bonchev–Trinajstić information content (AvgIpc) is 4.10. The van der Waals surface area contributed by atoms with E-state index in [-0.39, 0.29) is 44.6 Å². The number of furan rings is 2. The van der Waals surface area contributed by atoms with Crippen LogP contribution in [0.3, 0.4) is 0 Å². The van der Waals surface area contributed by atoms with E-state index in [2.05, 4.69) is 222 Å². The highest BCUT2D eigenvalue weighted by Crippen LogP contribution is 2.56. The van der Waals surface area contributed by atoms with Crippen molar-refractivity contribution in [1.29, 1.82) is 0 Å². The van der Waals surface area contributed by atoms with Crippen LogP contribution >= 0.6 is 0 Å². The second-order valence-corrected chi connectivity index (χ2v) is 30.1. The molecule has 4 aliphatic carbocycles. The van der Waals surface area contributed by atoms with E-state index < -0.39 is 0 Å². The van der Waals surface area contributed by atoms with Gasteiger partial charge in [0.05, 0.1) is 11.3 Å². The summed E-state index contributed by atoms with van der Waals surface area (Å²) >= 11 is 0. The quantitative estimate of drug-likeness (QED) is 0.165. The van der Waals surface area contributed by atoms with Gasteiger partial charge in [0, 0.05) is 44.6 Å². The Labute approximate surface area is 470 Å². The van der Waals surface area contributed by atoms with Crippen molar-refractivity contribution < 1.29 is 8.83 Å². The third-order valence-corrected chi connectivity index (χ3v) is 21.7. The summed E-state index contributed by atoms with van der Waals surface area (Å²) in [5.41, 5.74) is 28.1. The summed E-state index contributed by atoms with van der Waals surface area (Å²) in [5, 5.41) is 3.51. The Bertz CT molecular complexity index is 4130. The van der Waals surface area contributed by atoms with Crippen LogP contribution in [0.2, 0.25) is 0 Å². The highest BCUT2D eigenvalue weighted by atomic mass is 16.3. The van der Waals surface area contributed by atoms with Crippen molar-refractivity contribution in [1.82, 2.24) is 0 Å². The predicted molar refractivity (Wildman–Crippen MR) is 335 cm³/mol. The first-order chi connectivity index (χ1) is 37.3. The highest BCUT2D eigenvalue weighted by Gasteiger charge is 2.51. The first-order valence-electron chi connectivity index (χ1n) is 30.1. The first-order valence-corrected chi connectivity index (χ1v) is 30.1. The van der Waals surface area contributed by atoms with Crippen molar-refractivity contribution in [3.05, 3.63) is 160 Å². The van der Waals surface area contributed by atoms with E-state index in [0.29, 0.717) is 0 Å². The maximum absolute atomic E-state index is 7.79. The van der Waals surface area contributed by atoms with Gasteiger partial charge in [-0.2, -0.15) is 0 Å². The van der Waals surface area contributed by atoms with Crippen LogP contribution in [0.5, 0.6) is 0 Å². The van der Waals surface area contributed by atoms with Gasteiger partial charge in [0.2, 0.25) is 0 Å². The molecule has 79 heavy (non-hydrogen) atoms. The molecule has 4 heterocycles. The molecule has 7 aromatic carbocycles. The molecule has 2 aromatic heterocycles. The molecule has 0 bridgehead atoms. The van der Waals surface area contributed by atoms with Crippen molar-refractivity contribution in [2.75, 3.05) is 9.80 Å². The van der Waals surface area contributed by atoms with Crippen LogP contribution in [0.1, 0.15) is 193 Å². The summed E-state index contributed by atoms with van der Waals surface area (Å²) in [7, 11) is 0. The first kappa shape index (κ1) is 49.6. The minimum atomic E-state index is -0.168. The topological polar surface area (TPSA) is 32.8 Å². The standard InChI is InChI=1S/C74H79BN2O2/c1-68(2)27-17-18-44-37-64-50(40-53(44)68)66-67(79-64)75-58-41-56-57(74(13,14)33-32-73(56,11)12)42-59(58)76(46-22-25-51-54(38-46)71(7,8)30-28-69(51,3)4)60-34-45(43-21-24-49-48-19-15-16-20-62(48)78-63(49)36-43)35-61(65(60)75)77(66)47-23-26-52-55(39-47)72(9,10)31-29-70(52,5)6/h15-16,19-26,34-42H,17-18,27-33H2,1-14H3. The molecule has 0 amide bonds. The van der Waals surface area contributed by atoms with E-state index in [1.807, 2.05) is 0 Å². The number of hydrogen-bond acceptors (Lipinski definition) is 4. The SMILES string of the molecule is CC1(C)CCCc2cc3oc4c(c3cc21)N(c1ccc2c(c1)C(C)(C)CCC2(C)C)c1cc(-c2ccc3c(c2)oc2ccccc23)cc2c1B4c1cc3c(cc1N2c1ccc2c(c1)C(C)(C)CCC2(C)C)C(C)(C)CCC3(C)C. The molecule has 0 radical (unpaired) electrons. The fourth-order valence-corrected chi connectivity index (χ4v) is 16.4. The molecular formula is C74H79BN2O2. The van der Waals surface area contributed by atoms with Crippen LogP contribution in [-0.4, -0.2) is 6.71 Å². The van der Waals surface area contributed by atoms with Gasteiger partial charge < -0.3 is 18.6 Å². The Morgan fingerprint density at radius 2 is 0.899 bits per heavy atom. The Hall–Kier alpha value is -6.46. The summed E-state index contributed by atoms with van der Waals surface area (Å²) < 4.78 is 14.5. The Morgan fingerprint density at radius 3 is 1.53 bits per heavy atom. The average molecular weight is 1040 g/mol. The zero-order chi connectivity index (χ0) is 54.9. The molecule has 5 heteroatoms. The zero-order valence-corrected chi connectivity index (χ0v) is 49.6. The summed E-state index contributed by atoms with van der Waals surface area (Å²) in [6.07, 6.45) is 10.4. The van der Waals surface area contributed by atoms with Gasteiger partial charge in [-0.1, -0.05) is 139 Å². The van der Waals surface area contributed by atoms with Crippen LogP contribution in [0.4, 0.5) is 34.1 Å². The van der Waals surface area contributed by atoms with E-state index in [1.54, 1.807) is 0 Å². The van der Waals surface area contributed by atoms with Gasteiger partial charge in [-0.05, 0) is 235 Å². The van der Waals surface area contributed by atoms with Crippen LogP contribution in [0, 0.1) is 0 Å². The van der Waals surface area contributed by atoms with Crippen molar-refractivity contribution in [3.63, 3.8) is 0 Å². The van der Waals surface area contributed by atoms with E-state index in [4.69, 9.17) is 8.83 Å². The lowest BCUT2D eigenvalue weighted by atomic mass is 9.35. The second kappa shape index (κ2) is 15.9. The third-order valence-electron chi connectivity index (χ3n) is 21.7. The van der Waals surface area contributed by atoms with Gasteiger partial charge in [-0.25, -0.2) is 0 Å². The minimum Gasteiger partial charge on any atom is -0.468 e. The summed E-state index contributed by atoms with van der Waals surface area (Å²) in [6.45, 7) is 34.4. The normalized spacial score (nSPS) is 21.0. The van der Waals surface area contributed by atoms with Crippen molar-refractivity contribution >= 4 is 90.3 Å². The number of fused-ring (bicyclic) bond motifs is 13. The number of rotatable bonds is 3. The lowest BCUT2D eigenvalue weighted by Gasteiger charge is -2.47. The molecule has 15 rings (SSSR count). The summed E-state index contributed by atoms with van der Waals surface area (Å²) in [5.74, 6) is 0. The van der Waals surface area contributed by atoms with E-state index >= 15 is 0 Å². The molecular weight excluding hydrogens is 960 g/mol. The fourth-order valence-electron chi connectivity index (χ4n) is 16.4. The van der Waals surface area contributed by atoms with Gasteiger partial charge in [0.1, 0.15) is 16.7 Å². The lowest BCUT2D eigenvalue weighted by molar-refractivity contribution is 0.332. The third kappa shape index (κ3) is 7.05. The highest BCUT2D eigenvalue weighted by molar-refractivity contribution is 7.00. The van der Waals surface area contributed by atoms with Gasteiger partial charge in [0.15, 0.2) is 0 Å². The maximum atomic E-state index is 7.79. The molecule has 400 valence electrons. The van der Waals surface area contributed by atoms with Gasteiger partial charge in [-0.3, -0.25) is 0 Å². The molecule has 0 unspecified atom stereocenters. The number of para-hydroxylation sites is 1. The molecule has 4 nitrogen and oxygen atoms in total. The number of benzene rings is 7. The molecule has 0 N–H and O–H groups in total. The van der Waals surface area contributed by atoms with E-state index in [9.17, 15) is 0 Å². The van der Waals surface area contributed by atoms with Crippen molar-refractivity contribution in [2.45, 2.75) is 193 Å². The van der Waals surface area contributed by atoms with Crippen LogP contribution in [0.15, 0.2) is 124 Å². The van der Waals surface area contributed by atoms with Gasteiger partial charge in [0.25, 0.3) is 6.71 Å². The molecule has 2 aliphatic heterocycles. The lowest BCUT2D eigenvalue weighted by Crippen LogP contribution is -2.61. The maximum Gasteiger partial charge on any atom is 0.297 e. The molecule has 0 saturated heterocycles. The van der Waals surface area contributed by atoms with E-state index in [0.717, 1.165) is 70.8 Å². The summed E-state index contributed by atoms with van der Waals surface area (Å²) in [6, 6.07) is 45.9. The number of anilines is 6. The van der Waals surface area contributed by atoms with Crippen LogP contribution in [-0.2, 0) is 44.3 Å². The second-order valence-electron chi connectivity index (χ2n) is 30.1. The van der Waals surface area contributed by atoms with Crippen molar-refractivity contribution in [2.24, 2.45) is 0 Å². The monoisotopic (exact) mass is 1040 g/mol.